The Balaban J connectivity index is 2.97. The lowest BCUT2D eigenvalue weighted by atomic mass is 9.99. The molecule has 0 aromatic heterocycles. The molecule has 1 aromatic carbocycles. The first-order valence-corrected chi connectivity index (χ1v) is 6.48. The van der Waals surface area contributed by atoms with Crippen molar-refractivity contribution >= 4 is 11.4 Å². The van der Waals surface area contributed by atoms with E-state index in [9.17, 15) is 10.1 Å². The van der Waals surface area contributed by atoms with E-state index in [1.165, 1.54) is 0 Å². The van der Waals surface area contributed by atoms with Crippen molar-refractivity contribution in [3.8, 4) is 0 Å². The summed E-state index contributed by atoms with van der Waals surface area (Å²) in [6.07, 6.45) is 1.03. The first kappa shape index (κ1) is 15.4. The number of nitrogens with zero attached hydrogens (tertiary/aromatic N) is 2. The van der Waals surface area contributed by atoms with Crippen LogP contribution in [0.15, 0.2) is 18.2 Å². The molecule has 0 saturated carbocycles. The third-order valence-corrected chi connectivity index (χ3v) is 3.85. The van der Waals surface area contributed by atoms with Gasteiger partial charge in [0.15, 0.2) is 0 Å². The van der Waals surface area contributed by atoms with Gasteiger partial charge in [-0.05, 0) is 38.9 Å². The molecular weight excluding hydrogens is 242 g/mol. The number of hydrogen-bond donors (Lipinski definition) is 1. The quantitative estimate of drug-likeness (QED) is 0.633. The predicted molar refractivity (Wildman–Crippen MR) is 78.5 cm³/mol. The zero-order valence-corrected chi connectivity index (χ0v) is 12.4. The second-order valence-electron chi connectivity index (χ2n) is 5.38. The molecule has 5 heteroatoms. The molecule has 0 radical (unpaired) electrons. The van der Waals surface area contributed by atoms with Gasteiger partial charge in [-0.1, -0.05) is 13.0 Å². The number of nitro groups is 1. The van der Waals surface area contributed by atoms with Crippen molar-refractivity contribution in [2.75, 3.05) is 19.4 Å². The van der Waals surface area contributed by atoms with E-state index in [0.29, 0.717) is 12.2 Å². The molecule has 0 saturated heterocycles. The van der Waals surface area contributed by atoms with Gasteiger partial charge in [0.2, 0.25) is 0 Å². The van der Waals surface area contributed by atoms with Crippen LogP contribution in [0.25, 0.3) is 0 Å². The van der Waals surface area contributed by atoms with E-state index in [0.717, 1.165) is 12.0 Å². The molecule has 0 spiro atoms. The molecule has 106 valence electrons. The Morgan fingerprint density at radius 3 is 2.53 bits per heavy atom. The maximum atomic E-state index is 11.0. The molecule has 0 heterocycles. The molecule has 1 aromatic rings. The molecule has 19 heavy (non-hydrogen) atoms. The Hall–Kier alpha value is -1.62. The van der Waals surface area contributed by atoms with Gasteiger partial charge in [-0.25, -0.2) is 0 Å². The van der Waals surface area contributed by atoms with E-state index >= 15 is 0 Å². The molecule has 0 atom stereocenters. The summed E-state index contributed by atoms with van der Waals surface area (Å²) < 4.78 is 0. The largest absolute Gasteiger partial charge is 0.383 e. The summed E-state index contributed by atoms with van der Waals surface area (Å²) in [6, 6.07) is 5.34. The minimum absolute atomic E-state index is 0.0798. The first-order chi connectivity index (χ1) is 8.81. The highest BCUT2D eigenvalue weighted by Crippen LogP contribution is 2.27. The molecule has 0 aliphatic heterocycles. The van der Waals surface area contributed by atoms with E-state index in [1.54, 1.807) is 19.2 Å². The zero-order valence-electron chi connectivity index (χ0n) is 12.4. The minimum atomic E-state index is -0.347. The Kier molecular flexibility index (Phi) is 4.89. The van der Waals surface area contributed by atoms with Crippen LogP contribution in [0.2, 0.25) is 0 Å². The van der Waals surface area contributed by atoms with Gasteiger partial charge in [0.1, 0.15) is 5.69 Å². The third kappa shape index (κ3) is 3.67. The maximum absolute atomic E-state index is 11.0. The SMILES string of the molecule is CCC(C)(C)N(C)Cc1ccc(NC)c([N+](=O)[O-])c1. The van der Waals surface area contributed by atoms with Gasteiger partial charge in [-0.2, -0.15) is 0 Å². The van der Waals surface area contributed by atoms with Crippen molar-refractivity contribution in [3.63, 3.8) is 0 Å². The Morgan fingerprint density at radius 2 is 2.05 bits per heavy atom. The summed E-state index contributed by atoms with van der Waals surface area (Å²) >= 11 is 0. The van der Waals surface area contributed by atoms with Gasteiger partial charge in [-0.3, -0.25) is 15.0 Å². The smallest absolute Gasteiger partial charge is 0.292 e. The van der Waals surface area contributed by atoms with E-state index in [4.69, 9.17) is 0 Å². The first-order valence-electron chi connectivity index (χ1n) is 6.48. The van der Waals surface area contributed by atoms with Gasteiger partial charge in [0.25, 0.3) is 5.69 Å². The Morgan fingerprint density at radius 1 is 1.42 bits per heavy atom. The van der Waals surface area contributed by atoms with Crippen LogP contribution in [-0.4, -0.2) is 29.5 Å². The van der Waals surface area contributed by atoms with Gasteiger partial charge in [-0.15, -0.1) is 0 Å². The van der Waals surface area contributed by atoms with Crippen LogP contribution in [0, 0.1) is 10.1 Å². The summed E-state index contributed by atoms with van der Waals surface area (Å²) in [6.45, 7) is 7.18. The van der Waals surface area contributed by atoms with Crippen molar-refractivity contribution in [1.29, 1.82) is 0 Å². The lowest BCUT2D eigenvalue weighted by Gasteiger charge is -2.34. The van der Waals surface area contributed by atoms with Crippen LogP contribution in [0.1, 0.15) is 32.8 Å². The second-order valence-corrected chi connectivity index (χ2v) is 5.38. The third-order valence-electron chi connectivity index (χ3n) is 3.85. The van der Waals surface area contributed by atoms with Crippen LogP contribution in [0.3, 0.4) is 0 Å². The zero-order chi connectivity index (χ0) is 14.6. The lowest BCUT2D eigenvalue weighted by molar-refractivity contribution is -0.384. The van der Waals surface area contributed by atoms with Crippen LogP contribution < -0.4 is 5.32 Å². The maximum Gasteiger partial charge on any atom is 0.292 e. The fourth-order valence-electron chi connectivity index (χ4n) is 1.80. The van der Waals surface area contributed by atoms with Crippen molar-refractivity contribution in [3.05, 3.63) is 33.9 Å². The molecule has 1 rings (SSSR count). The van der Waals surface area contributed by atoms with Gasteiger partial charge in [0.05, 0.1) is 4.92 Å². The van der Waals surface area contributed by atoms with Crippen molar-refractivity contribution in [2.45, 2.75) is 39.3 Å². The minimum Gasteiger partial charge on any atom is -0.383 e. The average molecular weight is 265 g/mol. The topological polar surface area (TPSA) is 58.4 Å². The highest BCUT2D eigenvalue weighted by atomic mass is 16.6. The number of benzene rings is 1. The number of nitrogens with one attached hydrogen (secondary N) is 1. The molecule has 0 unspecified atom stereocenters. The normalized spacial score (nSPS) is 11.7. The molecule has 0 aliphatic rings. The van der Waals surface area contributed by atoms with Crippen LogP contribution >= 0.6 is 0 Å². The summed E-state index contributed by atoms with van der Waals surface area (Å²) in [7, 11) is 3.73. The monoisotopic (exact) mass is 265 g/mol. The van der Waals surface area contributed by atoms with E-state index in [1.807, 2.05) is 13.1 Å². The summed E-state index contributed by atoms with van der Waals surface area (Å²) in [5.41, 5.74) is 1.71. The molecule has 5 nitrogen and oxygen atoms in total. The standard InChI is InChI=1S/C14H23N3O2/c1-6-14(2,3)16(5)10-11-7-8-12(15-4)13(9-11)17(18)19/h7-9,15H,6,10H2,1-5H3. The number of rotatable bonds is 6. The number of anilines is 1. The highest BCUT2D eigenvalue weighted by molar-refractivity contribution is 5.62. The van der Waals surface area contributed by atoms with Crippen molar-refractivity contribution in [2.24, 2.45) is 0 Å². The molecule has 1 N–H and O–H groups in total. The van der Waals surface area contributed by atoms with Crippen molar-refractivity contribution < 1.29 is 4.92 Å². The number of hydrogen-bond acceptors (Lipinski definition) is 4. The highest BCUT2D eigenvalue weighted by Gasteiger charge is 2.22. The van der Waals surface area contributed by atoms with E-state index in [2.05, 4.69) is 31.0 Å². The predicted octanol–water partition coefficient (Wildman–Crippen LogP) is 3.26. The summed E-state index contributed by atoms with van der Waals surface area (Å²) in [5.74, 6) is 0. The van der Waals surface area contributed by atoms with E-state index < -0.39 is 0 Å². The van der Waals surface area contributed by atoms with Gasteiger partial charge >= 0.3 is 0 Å². The fourth-order valence-corrected chi connectivity index (χ4v) is 1.80. The number of nitro benzene ring substituents is 1. The fraction of sp³-hybridized carbons (Fsp3) is 0.571. The van der Waals surface area contributed by atoms with Crippen molar-refractivity contribution in [1.82, 2.24) is 4.90 Å². The Bertz CT molecular complexity index is 458. The van der Waals surface area contributed by atoms with E-state index in [-0.39, 0.29) is 16.1 Å². The van der Waals surface area contributed by atoms with Crippen LogP contribution in [-0.2, 0) is 6.54 Å². The Labute approximate surface area is 114 Å². The molecule has 0 bridgehead atoms. The molecule has 0 aliphatic carbocycles. The van der Waals surface area contributed by atoms with Crippen LogP contribution in [0.4, 0.5) is 11.4 Å². The average Bonchev–Trinajstić information content (AvgIpc) is 2.38. The second kappa shape index (κ2) is 6.02. The molecule has 0 amide bonds. The summed E-state index contributed by atoms with van der Waals surface area (Å²) in [5, 5.41) is 13.9. The van der Waals surface area contributed by atoms with Gasteiger partial charge in [0, 0.05) is 25.2 Å². The van der Waals surface area contributed by atoms with Crippen LogP contribution in [0.5, 0.6) is 0 Å². The summed E-state index contributed by atoms with van der Waals surface area (Å²) in [4.78, 5) is 12.9. The lowest BCUT2D eigenvalue weighted by Crippen LogP contribution is -2.39. The molecular formula is C14H23N3O2. The van der Waals surface area contributed by atoms with Gasteiger partial charge < -0.3 is 5.32 Å². The molecule has 0 fully saturated rings.